The van der Waals surface area contributed by atoms with Gasteiger partial charge < -0.3 is 9.84 Å². The van der Waals surface area contributed by atoms with Gasteiger partial charge in [-0.2, -0.15) is 13.2 Å². The summed E-state index contributed by atoms with van der Waals surface area (Å²) in [5.74, 6) is 0.563. The second kappa shape index (κ2) is 6.24. The van der Waals surface area contributed by atoms with Crippen molar-refractivity contribution < 1.29 is 23.0 Å². The molecule has 1 fully saturated rings. The van der Waals surface area contributed by atoms with Gasteiger partial charge in [0.1, 0.15) is 0 Å². The van der Waals surface area contributed by atoms with Gasteiger partial charge in [-0.25, -0.2) is 0 Å². The smallest absolute Gasteiger partial charge is 0.389 e. The minimum atomic E-state index is -4.21. The Morgan fingerprint density at radius 1 is 1.33 bits per heavy atom. The maximum atomic E-state index is 12.2. The van der Waals surface area contributed by atoms with Crippen LogP contribution < -0.4 is 0 Å². The van der Waals surface area contributed by atoms with E-state index in [1.165, 1.54) is 0 Å². The normalized spacial score (nSPS) is 31.3. The number of halogens is 3. The molecule has 1 rings (SSSR count). The van der Waals surface area contributed by atoms with Crippen molar-refractivity contribution >= 4 is 0 Å². The summed E-state index contributed by atoms with van der Waals surface area (Å²) < 4.78 is 42.2. The van der Waals surface area contributed by atoms with Crippen molar-refractivity contribution in [2.45, 2.75) is 70.3 Å². The summed E-state index contributed by atoms with van der Waals surface area (Å²) >= 11 is 0. The van der Waals surface area contributed by atoms with Crippen LogP contribution in [0.25, 0.3) is 0 Å². The number of alkyl halides is 3. The van der Waals surface area contributed by atoms with Crippen LogP contribution in [-0.2, 0) is 4.74 Å². The average Bonchev–Trinajstić information content (AvgIpc) is 2.28. The van der Waals surface area contributed by atoms with E-state index in [9.17, 15) is 18.3 Å². The van der Waals surface area contributed by atoms with Crippen molar-refractivity contribution in [1.82, 2.24) is 0 Å². The topological polar surface area (TPSA) is 29.5 Å². The van der Waals surface area contributed by atoms with E-state index < -0.39 is 24.3 Å². The van der Waals surface area contributed by atoms with E-state index >= 15 is 0 Å². The van der Waals surface area contributed by atoms with Crippen LogP contribution >= 0.6 is 0 Å². The third kappa shape index (κ3) is 4.43. The van der Waals surface area contributed by atoms with E-state index in [0.29, 0.717) is 25.4 Å². The Bertz CT molecular complexity index is 245. The van der Waals surface area contributed by atoms with Crippen molar-refractivity contribution in [3.8, 4) is 0 Å². The van der Waals surface area contributed by atoms with E-state index in [1.807, 2.05) is 6.92 Å². The highest BCUT2D eigenvalue weighted by Crippen LogP contribution is 2.39. The molecule has 0 spiro atoms. The third-order valence-electron chi connectivity index (χ3n) is 3.86. The summed E-state index contributed by atoms with van der Waals surface area (Å²) in [7, 11) is 0. The molecule has 1 unspecified atom stereocenters. The molecular weight excluding hydrogens is 245 g/mol. The van der Waals surface area contributed by atoms with Crippen LogP contribution in [0.1, 0.15) is 52.4 Å². The summed E-state index contributed by atoms with van der Waals surface area (Å²) in [6.45, 7) is 4.37. The summed E-state index contributed by atoms with van der Waals surface area (Å²) in [5.41, 5.74) is -0.757. The molecule has 1 atom stereocenters. The molecule has 0 saturated heterocycles. The molecule has 0 aliphatic heterocycles. The second-order valence-electron chi connectivity index (χ2n) is 5.35. The monoisotopic (exact) mass is 268 g/mol. The Balaban J connectivity index is 2.60. The van der Waals surface area contributed by atoms with Crippen molar-refractivity contribution in [2.75, 3.05) is 6.61 Å². The largest absolute Gasteiger partial charge is 0.390 e. The van der Waals surface area contributed by atoms with Gasteiger partial charge in [-0.3, -0.25) is 0 Å². The average molecular weight is 268 g/mol. The van der Waals surface area contributed by atoms with E-state index in [2.05, 4.69) is 6.92 Å². The highest BCUT2D eigenvalue weighted by molar-refractivity contribution is 4.92. The SMILES string of the molecule is CCOC1(C(O)CCC(F)(F)F)CCC(C)CC1. The zero-order valence-corrected chi connectivity index (χ0v) is 11.1. The van der Waals surface area contributed by atoms with Crippen LogP contribution in [0.5, 0.6) is 0 Å². The molecule has 2 nitrogen and oxygen atoms in total. The van der Waals surface area contributed by atoms with E-state index in [4.69, 9.17) is 4.74 Å². The number of ether oxygens (including phenoxy) is 1. The second-order valence-corrected chi connectivity index (χ2v) is 5.35. The lowest BCUT2D eigenvalue weighted by Gasteiger charge is -2.42. The zero-order valence-electron chi connectivity index (χ0n) is 11.1. The van der Waals surface area contributed by atoms with Crippen LogP contribution in [0.15, 0.2) is 0 Å². The third-order valence-corrected chi connectivity index (χ3v) is 3.86. The number of rotatable bonds is 5. The van der Waals surface area contributed by atoms with Crippen LogP contribution in [0.2, 0.25) is 0 Å². The summed E-state index contributed by atoms with van der Waals surface area (Å²) in [6.07, 6.45) is -3.33. The molecule has 0 heterocycles. The quantitative estimate of drug-likeness (QED) is 0.824. The standard InChI is InChI=1S/C13H23F3O2/c1-3-18-12(7-4-10(2)5-8-12)11(17)6-9-13(14,15)16/h10-11,17H,3-9H2,1-2H3. The first-order valence-corrected chi connectivity index (χ1v) is 6.68. The molecule has 5 heteroatoms. The predicted molar refractivity (Wildman–Crippen MR) is 63.3 cm³/mol. The molecular formula is C13H23F3O2. The van der Waals surface area contributed by atoms with Gasteiger partial charge in [-0.1, -0.05) is 6.92 Å². The molecule has 1 aliphatic rings. The Kier molecular flexibility index (Phi) is 5.46. The van der Waals surface area contributed by atoms with E-state index in [0.717, 1.165) is 12.8 Å². The Morgan fingerprint density at radius 2 is 1.89 bits per heavy atom. The van der Waals surface area contributed by atoms with Gasteiger partial charge in [0, 0.05) is 13.0 Å². The van der Waals surface area contributed by atoms with Gasteiger partial charge in [0.25, 0.3) is 0 Å². The van der Waals surface area contributed by atoms with Gasteiger partial charge >= 0.3 is 6.18 Å². The molecule has 108 valence electrons. The van der Waals surface area contributed by atoms with Crippen LogP contribution in [-0.4, -0.2) is 29.6 Å². The number of hydrogen-bond acceptors (Lipinski definition) is 2. The number of aliphatic hydroxyl groups is 1. The fraction of sp³-hybridized carbons (Fsp3) is 1.00. The van der Waals surface area contributed by atoms with E-state index in [-0.39, 0.29) is 6.42 Å². The minimum Gasteiger partial charge on any atom is -0.390 e. The molecule has 1 saturated carbocycles. The molecule has 0 aromatic carbocycles. The van der Waals surface area contributed by atoms with Gasteiger partial charge in [0.05, 0.1) is 11.7 Å². The van der Waals surface area contributed by atoms with Crippen molar-refractivity contribution in [2.24, 2.45) is 5.92 Å². The van der Waals surface area contributed by atoms with Crippen LogP contribution in [0.4, 0.5) is 13.2 Å². The van der Waals surface area contributed by atoms with Crippen molar-refractivity contribution in [3.05, 3.63) is 0 Å². The Hall–Kier alpha value is -0.290. The maximum Gasteiger partial charge on any atom is 0.389 e. The number of hydrogen-bond donors (Lipinski definition) is 1. The molecule has 1 aliphatic carbocycles. The fourth-order valence-electron chi connectivity index (χ4n) is 2.68. The summed E-state index contributed by atoms with van der Waals surface area (Å²) in [4.78, 5) is 0. The van der Waals surface area contributed by atoms with Crippen molar-refractivity contribution in [1.29, 1.82) is 0 Å². The molecule has 18 heavy (non-hydrogen) atoms. The number of aliphatic hydroxyl groups excluding tert-OH is 1. The van der Waals surface area contributed by atoms with Gasteiger partial charge in [0.2, 0.25) is 0 Å². The minimum absolute atomic E-state index is 0.266. The highest BCUT2D eigenvalue weighted by atomic mass is 19.4. The van der Waals surface area contributed by atoms with Crippen molar-refractivity contribution in [3.63, 3.8) is 0 Å². The lowest BCUT2D eigenvalue weighted by molar-refractivity contribution is -0.170. The van der Waals surface area contributed by atoms with Crippen LogP contribution in [0, 0.1) is 5.92 Å². The lowest BCUT2D eigenvalue weighted by atomic mass is 9.75. The molecule has 0 bridgehead atoms. The summed E-state index contributed by atoms with van der Waals surface area (Å²) in [5, 5.41) is 10.1. The highest BCUT2D eigenvalue weighted by Gasteiger charge is 2.42. The van der Waals surface area contributed by atoms with E-state index in [1.54, 1.807) is 0 Å². The Morgan fingerprint density at radius 3 is 2.33 bits per heavy atom. The molecule has 0 radical (unpaired) electrons. The lowest BCUT2D eigenvalue weighted by Crippen LogP contribution is -2.48. The molecule has 0 aromatic rings. The van der Waals surface area contributed by atoms with Gasteiger partial charge in [-0.05, 0) is 44.9 Å². The predicted octanol–water partition coefficient (Wildman–Crippen LogP) is 3.68. The molecule has 0 amide bonds. The zero-order chi connectivity index (χ0) is 13.8. The molecule has 0 aromatic heterocycles. The molecule has 1 N–H and O–H groups in total. The summed E-state index contributed by atoms with van der Waals surface area (Å²) in [6, 6.07) is 0. The Labute approximate surface area is 107 Å². The van der Waals surface area contributed by atoms with Gasteiger partial charge in [0.15, 0.2) is 0 Å². The van der Waals surface area contributed by atoms with Crippen LogP contribution in [0.3, 0.4) is 0 Å². The fourth-order valence-corrected chi connectivity index (χ4v) is 2.68. The van der Waals surface area contributed by atoms with Gasteiger partial charge in [-0.15, -0.1) is 0 Å². The maximum absolute atomic E-state index is 12.2. The first-order valence-electron chi connectivity index (χ1n) is 6.68. The first-order chi connectivity index (χ1) is 8.29. The first kappa shape index (κ1) is 15.8.